The topological polar surface area (TPSA) is 49.4 Å². The van der Waals surface area contributed by atoms with Gasteiger partial charge in [-0.25, -0.2) is 0 Å². The van der Waals surface area contributed by atoms with E-state index in [1.165, 1.54) is 6.07 Å². The van der Waals surface area contributed by atoms with E-state index >= 15 is 0 Å². The normalized spacial score (nSPS) is 20.8. The Morgan fingerprint density at radius 2 is 2.04 bits per heavy atom. The van der Waals surface area contributed by atoms with Crippen molar-refractivity contribution in [3.05, 3.63) is 24.3 Å². The van der Waals surface area contributed by atoms with E-state index in [0.29, 0.717) is 35.3 Å². The summed E-state index contributed by atoms with van der Waals surface area (Å²) in [7, 11) is 0. The molecule has 7 heteroatoms. The zero-order valence-corrected chi connectivity index (χ0v) is 13.3. The van der Waals surface area contributed by atoms with Crippen molar-refractivity contribution in [1.82, 2.24) is 4.90 Å². The molecule has 2 amide bonds. The third-order valence-electron chi connectivity index (χ3n) is 4.09. The Hall–Kier alpha value is -1.63. The van der Waals surface area contributed by atoms with Gasteiger partial charge in [-0.1, -0.05) is 17.8 Å². The van der Waals surface area contributed by atoms with Crippen LogP contribution >= 0.6 is 11.8 Å². The summed E-state index contributed by atoms with van der Waals surface area (Å²) < 4.78 is 24.8. The van der Waals surface area contributed by atoms with Gasteiger partial charge >= 0.3 is 0 Å². The molecule has 1 saturated heterocycles. The first-order chi connectivity index (χ1) is 11.0. The van der Waals surface area contributed by atoms with Crippen LogP contribution in [-0.2, 0) is 9.59 Å². The van der Waals surface area contributed by atoms with Gasteiger partial charge in [0, 0.05) is 23.0 Å². The molecule has 1 aliphatic carbocycles. The fraction of sp³-hybridized carbons (Fsp3) is 0.500. The second-order valence-electron chi connectivity index (χ2n) is 5.86. The van der Waals surface area contributed by atoms with Gasteiger partial charge in [-0.05, 0) is 43.9 Å². The fourth-order valence-electron chi connectivity index (χ4n) is 2.84. The number of likely N-dealkylation sites (tertiary alicyclic amines) is 1. The number of amides is 2. The molecule has 124 valence electrons. The molecule has 0 radical (unpaired) electrons. The molecule has 3 rings (SSSR count). The van der Waals surface area contributed by atoms with Gasteiger partial charge in [-0.3, -0.25) is 9.59 Å². The van der Waals surface area contributed by atoms with Crippen molar-refractivity contribution in [3.8, 4) is 0 Å². The van der Waals surface area contributed by atoms with Crippen LogP contribution in [0.3, 0.4) is 0 Å². The van der Waals surface area contributed by atoms with E-state index in [9.17, 15) is 18.4 Å². The molecule has 1 saturated carbocycles. The van der Waals surface area contributed by atoms with E-state index in [0.717, 1.165) is 19.3 Å². The fourth-order valence-corrected chi connectivity index (χ4v) is 3.40. The second-order valence-corrected chi connectivity index (χ2v) is 6.92. The SMILES string of the molecule is O=C(Nc1cccc(SC(F)F)c1)C1CCCN1C(=O)C1CC1. The highest BCUT2D eigenvalue weighted by molar-refractivity contribution is 7.99. The van der Waals surface area contributed by atoms with Crippen LogP contribution in [0.4, 0.5) is 14.5 Å². The molecule has 1 N–H and O–H groups in total. The van der Waals surface area contributed by atoms with Crippen LogP contribution in [-0.4, -0.2) is 35.1 Å². The summed E-state index contributed by atoms with van der Waals surface area (Å²) >= 11 is 0.440. The van der Waals surface area contributed by atoms with Gasteiger partial charge in [0.25, 0.3) is 5.76 Å². The molecule has 0 bridgehead atoms. The number of hydrogen-bond donors (Lipinski definition) is 1. The van der Waals surface area contributed by atoms with Gasteiger partial charge < -0.3 is 10.2 Å². The number of nitrogens with zero attached hydrogens (tertiary/aromatic N) is 1. The van der Waals surface area contributed by atoms with Crippen LogP contribution in [0.25, 0.3) is 0 Å². The lowest BCUT2D eigenvalue weighted by Crippen LogP contribution is -2.43. The molecule has 1 aliphatic heterocycles. The molecule has 1 aromatic carbocycles. The van der Waals surface area contributed by atoms with Crippen LogP contribution in [0.15, 0.2) is 29.2 Å². The van der Waals surface area contributed by atoms with Gasteiger partial charge in [-0.2, -0.15) is 8.78 Å². The van der Waals surface area contributed by atoms with Gasteiger partial charge in [0.15, 0.2) is 0 Å². The average Bonchev–Trinajstić information content (AvgIpc) is 3.22. The van der Waals surface area contributed by atoms with Crippen LogP contribution in [0.5, 0.6) is 0 Å². The van der Waals surface area contributed by atoms with Crippen molar-refractivity contribution in [1.29, 1.82) is 0 Å². The Balaban J connectivity index is 1.65. The molecule has 1 unspecified atom stereocenters. The molecule has 4 nitrogen and oxygen atoms in total. The summed E-state index contributed by atoms with van der Waals surface area (Å²) in [6, 6.07) is 5.94. The van der Waals surface area contributed by atoms with E-state index < -0.39 is 11.8 Å². The summed E-state index contributed by atoms with van der Waals surface area (Å²) in [4.78, 5) is 26.7. The lowest BCUT2D eigenvalue weighted by Gasteiger charge is -2.24. The Morgan fingerprint density at radius 3 is 2.74 bits per heavy atom. The third-order valence-corrected chi connectivity index (χ3v) is 4.80. The Bertz CT molecular complexity index is 607. The number of halogens is 2. The van der Waals surface area contributed by atoms with Gasteiger partial charge in [0.05, 0.1) is 0 Å². The van der Waals surface area contributed by atoms with Crippen LogP contribution in [0.2, 0.25) is 0 Å². The maximum absolute atomic E-state index is 12.4. The summed E-state index contributed by atoms with van der Waals surface area (Å²) in [5, 5.41) is 2.75. The average molecular weight is 340 g/mol. The van der Waals surface area contributed by atoms with Crippen molar-refractivity contribution < 1.29 is 18.4 Å². The largest absolute Gasteiger partial charge is 0.330 e. The van der Waals surface area contributed by atoms with Crippen LogP contribution in [0, 0.1) is 5.92 Å². The molecular weight excluding hydrogens is 322 g/mol. The molecule has 1 aromatic rings. The minimum atomic E-state index is -2.50. The van der Waals surface area contributed by atoms with Crippen LogP contribution in [0.1, 0.15) is 25.7 Å². The first kappa shape index (κ1) is 16.2. The molecule has 0 aromatic heterocycles. The van der Waals surface area contributed by atoms with E-state index in [-0.39, 0.29) is 17.7 Å². The lowest BCUT2D eigenvalue weighted by atomic mass is 10.2. The predicted molar refractivity (Wildman–Crippen MR) is 84.4 cm³/mol. The van der Waals surface area contributed by atoms with E-state index in [4.69, 9.17) is 0 Å². The highest BCUT2D eigenvalue weighted by Crippen LogP contribution is 2.34. The molecule has 2 aliphatic rings. The zero-order valence-electron chi connectivity index (χ0n) is 12.5. The number of nitrogens with one attached hydrogen (secondary N) is 1. The van der Waals surface area contributed by atoms with Crippen LogP contribution < -0.4 is 5.32 Å². The van der Waals surface area contributed by atoms with Gasteiger partial charge in [-0.15, -0.1) is 0 Å². The Morgan fingerprint density at radius 1 is 1.26 bits per heavy atom. The second kappa shape index (κ2) is 6.86. The Kier molecular flexibility index (Phi) is 4.84. The summed E-state index contributed by atoms with van der Waals surface area (Å²) in [5.41, 5.74) is 0.478. The molecular formula is C16H18F2N2O2S. The maximum atomic E-state index is 12.4. The highest BCUT2D eigenvalue weighted by Gasteiger charge is 2.40. The zero-order chi connectivity index (χ0) is 16.4. The van der Waals surface area contributed by atoms with Crippen molar-refractivity contribution in [2.24, 2.45) is 5.92 Å². The number of anilines is 1. The van der Waals surface area contributed by atoms with Crippen molar-refractivity contribution >= 4 is 29.3 Å². The van der Waals surface area contributed by atoms with E-state index in [1.807, 2.05) is 0 Å². The van der Waals surface area contributed by atoms with Gasteiger partial charge in [0.1, 0.15) is 6.04 Å². The lowest BCUT2D eigenvalue weighted by molar-refractivity contribution is -0.137. The molecule has 23 heavy (non-hydrogen) atoms. The minimum Gasteiger partial charge on any atom is -0.330 e. The number of benzene rings is 1. The van der Waals surface area contributed by atoms with Gasteiger partial charge in [0.2, 0.25) is 11.8 Å². The summed E-state index contributed by atoms with van der Waals surface area (Å²) in [6.07, 6.45) is 3.29. The first-order valence-electron chi connectivity index (χ1n) is 7.71. The highest BCUT2D eigenvalue weighted by atomic mass is 32.2. The number of carbonyl (C=O) groups excluding carboxylic acids is 2. The third kappa shape index (κ3) is 4.02. The van der Waals surface area contributed by atoms with E-state index in [2.05, 4.69) is 5.32 Å². The number of thioether (sulfide) groups is 1. The summed E-state index contributed by atoms with van der Waals surface area (Å²) in [5.74, 6) is -2.57. The quantitative estimate of drug-likeness (QED) is 0.837. The predicted octanol–water partition coefficient (Wildman–Crippen LogP) is 3.34. The summed E-state index contributed by atoms with van der Waals surface area (Å²) in [6.45, 7) is 0.620. The molecule has 1 heterocycles. The van der Waals surface area contributed by atoms with Crippen molar-refractivity contribution in [2.75, 3.05) is 11.9 Å². The first-order valence-corrected chi connectivity index (χ1v) is 8.59. The molecule has 1 atom stereocenters. The number of rotatable bonds is 5. The smallest absolute Gasteiger partial charge is 0.288 e. The Labute approximate surface area is 137 Å². The van der Waals surface area contributed by atoms with Crippen molar-refractivity contribution in [3.63, 3.8) is 0 Å². The molecule has 2 fully saturated rings. The number of alkyl halides is 2. The standard InChI is InChI=1S/C16H18F2N2O2S/c17-16(18)23-12-4-1-3-11(9-12)19-14(21)13-5-2-8-20(13)15(22)10-6-7-10/h1,3-4,9-10,13,16H,2,5-8H2,(H,19,21). The number of carbonyl (C=O) groups is 2. The monoisotopic (exact) mass is 340 g/mol. The molecule has 0 spiro atoms. The number of hydrogen-bond acceptors (Lipinski definition) is 3. The maximum Gasteiger partial charge on any atom is 0.288 e. The van der Waals surface area contributed by atoms with Crippen molar-refractivity contribution in [2.45, 2.75) is 42.4 Å². The minimum absolute atomic E-state index is 0.0738. The van der Waals surface area contributed by atoms with E-state index in [1.54, 1.807) is 23.1 Å².